The Labute approximate surface area is 146 Å². The van der Waals surface area contributed by atoms with Gasteiger partial charge in [0.25, 0.3) is 5.91 Å². The molecule has 0 aromatic heterocycles. The molecule has 0 radical (unpaired) electrons. The van der Waals surface area contributed by atoms with Crippen LogP contribution in [0.3, 0.4) is 0 Å². The summed E-state index contributed by atoms with van der Waals surface area (Å²) in [4.78, 5) is 23.1. The highest BCUT2D eigenvalue weighted by atomic mass is 16.5. The fraction of sp³-hybridized carbons (Fsp3) is 0.263. The number of nitrogens with one attached hydrogen (secondary N) is 1. The largest absolute Gasteiger partial charge is 0.493 e. The van der Waals surface area contributed by atoms with E-state index in [1.807, 2.05) is 32.0 Å². The second-order valence-corrected chi connectivity index (χ2v) is 5.53. The Morgan fingerprint density at radius 3 is 2.24 bits per heavy atom. The van der Waals surface area contributed by atoms with E-state index in [0.717, 1.165) is 16.8 Å². The van der Waals surface area contributed by atoms with E-state index >= 15 is 0 Å². The number of ether oxygens (including phenoxy) is 3. The van der Waals surface area contributed by atoms with Gasteiger partial charge in [0, 0.05) is 11.3 Å². The molecule has 0 saturated heterocycles. The van der Waals surface area contributed by atoms with Gasteiger partial charge in [0.2, 0.25) is 5.75 Å². The molecule has 1 amide bonds. The number of aldehydes is 1. The number of anilines is 1. The van der Waals surface area contributed by atoms with Crippen LogP contribution in [0.25, 0.3) is 0 Å². The van der Waals surface area contributed by atoms with Gasteiger partial charge in [-0.05, 0) is 37.6 Å². The van der Waals surface area contributed by atoms with Crippen molar-refractivity contribution in [2.45, 2.75) is 13.8 Å². The SMILES string of the molecule is COc1cc(C=O)cc(OC)c1OCC(=O)Nc1ccc(C)cc1C. The molecule has 132 valence electrons. The third-order valence-corrected chi connectivity index (χ3v) is 3.62. The van der Waals surface area contributed by atoms with Gasteiger partial charge in [-0.3, -0.25) is 9.59 Å². The maximum Gasteiger partial charge on any atom is 0.262 e. The zero-order valence-corrected chi connectivity index (χ0v) is 14.7. The van der Waals surface area contributed by atoms with Gasteiger partial charge in [-0.2, -0.15) is 0 Å². The van der Waals surface area contributed by atoms with Gasteiger partial charge < -0.3 is 19.5 Å². The molecule has 0 spiro atoms. The van der Waals surface area contributed by atoms with Crippen molar-refractivity contribution in [1.29, 1.82) is 0 Å². The van der Waals surface area contributed by atoms with Crippen LogP contribution in [0, 0.1) is 13.8 Å². The number of carbonyl (C=O) groups is 2. The van der Waals surface area contributed by atoms with E-state index < -0.39 is 0 Å². The maximum absolute atomic E-state index is 12.2. The molecule has 0 atom stereocenters. The minimum Gasteiger partial charge on any atom is -0.493 e. The minimum atomic E-state index is -0.310. The highest BCUT2D eigenvalue weighted by Crippen LogP contribution is 2.38. The Bertz CT molecular complexity index is 760. The van der Waals surface area contributed by atoms with Crippen molar-refractivity contribution in [1.82, 2.24) is 0 Å². The molecule has 0 fully saturated rings. The number of carbonyl (C=O) groups excluding carboxylic acids is 2. The summed E-state index contributed by atoms with van der Waals surface area (Å²) in [7, 11) is 2.90. The van der Waals surface area contributed by atoms with E-state index in [9.17, 15) is 9.59 Å². The summed E-state index contributed by atoms with van der Waals surface area (Å²) in [6.07, 6.45) is 0.682. The van der Waals surface area contributed by atoms with Gasteiger partial charge >= 0.3 is 0 Å². The topological polar surface area (TPSA) is 73.9 Å². The molecule has 1 N–H and O–H groups in total. The predicted molar refractivity (Wildman–Crippen MR) is 95.0 cm³/mol. The number of hydrogen-bond acceptors (Lipinski definition) is 5. The van der Waals surface area contributed by atoms with Gasteiger partial charge in [0.15, 0.2) is 18.1 Å². The third-order valence-electron chi connectivity index (χ3n) is 3.62. The molecule has 6 nitrogen and oxygen atoms in total. The number of aryl methyl sites for hydroxylation is 2. The molecule has 25 heavy (non-hydrogen) atoms. The van der Waals surface area contributed by atoms with Crippen molar-refractivity contribution in [3.05, 3.63) is 47.0 Å². The summed E-state index contributed by atoms with van der Waals surface area (Å²) in [6, 6.07) is 8.80. The Kier molecular flexibility index (Phi) is 6.00. The summed E-state index contributed by atoms with van der Waals surface area (Å²) in [6.45, 7) is 3.69. The van der Waals surface area contributed by atoms with E-state index in [2.05, 4.69) is 5.32 Å². The quantitative estimate of drug-likeness (QED) is 0.782. The van der Waals surface area contributed by atoms with E-state index in [1.165, 1.54) is 26.4 Å². The number of amides is 1. The highest BCUT2D eigenvalue weighted by Gasteiger charge is 2.16. The van der Waals surface area contributed by atoms with Crippen molar-refractivity contribution < 1.29 is 23.8 Å². The lowest BCUT2D eigenvalue weighted by molar-refractivity contribution is -0.118. The molecule has 0 aliphatic rings. The molecule has 0 heterocycles. The zero-order chi connectivity index (χ0) is 18.4. The van der Waals surface area contributed by atoms with Crippen molar-refractivity contribution in [3.63, 3.8) is 0 Å². The van der Waals surface area contributed by atoms with Crippen molar-refractivity contribution in [2.75, 3.05) is 26.1 Å². The molecule has 0 aliphatic carbocycles. The molecular weight excluding hydrogens is 322 g/mol. The van der Waals surface area contributed by atoms with Crippen LogP contribution in [-0.2, 0) is 4.79 Å². The second-order valence-electron chi connectivity index (χ2n) is 5.53. The van der Waals surface area contributed by atoms with E-state index in [-0.39, 0.29) is 18.3 Å². The maximum atomic E-state index is 12.2. The smallest absolute Gasteiger partial charge is 0.262 e. The van der Waals surface area contributed by atoms with Gasteiger partial charge in [-0.1, -0.05) is 17.7 Å². The average molecular weight is 343 g/mol. The molecule has 0 saturated carbocycles. The predicted octanol–water partition coefficient (Wildman–Crippen LogP) is 3.15. The van der Waals surface area contributed by atoms with Crippen LogP contribution in [0.1, 0.15) is 21.5 Å². The van der Waals surface area contributed by atoms with Crippen LogP contribution in [0.2, 0.25) is 0 Å². The molecule has 0 bridgehead atoms. The number of hydrogen-bond donors (Lipinski definition) is 1. The van der Waals surface area contributed by atoms with Gasteiger partial charge in [-0.25, -0.2) is 0 Å². The number of methoxy groups -OCH3 is 2. The van der Waals surface area contributed by atoms with Gasteiger partial charge in [-0.15, -0.1) is 0 Å². The summed E-state index contributed by atoms with van der Waals surface area (Å²) in [5.74, 6) is 0.600. The van der Waals surface area contributed by atoms with E-state index in [4.69, 9.17) is 14.2 Å². The molecule has 2 aromatic carbocycles. The van der Waals surface area contributed by atoms with Crippen molar-refractivity contribution in [3.8, 4) is 17.2 Å². The average Bonchev–Trinajstić information content (AvgIpc) is 2.61. The fourth-order valence-corrected chi connectivity index (χ4v) is 2.39. The van der Waals surface area contributed by atoms with Crippen LogP contribution in [0.5, 0.6) is 17.2 Å². The molecule has 0 aliphatic heterocycles. The van der Waals surface area contributed by atoms with Crippen LogP contribution >= 0.6 is 0 Å². The van der Waals surface area contributed by atoms with E-state index in [1.54, 1.807) is 0 Å². The summed E-state index contributed by atoms with van der Waals surface area (Å²) >= 11 is 0. The standard InChI is InChI=1S/C19H21NO5/c1-12-5-6-15(13(2)7-12)20-18(22)11-25-19-16(23-3)8-14(10-21)9-17(19)24-4/h5-10H,11H2,1-4H3,(H,20,22). The van der Waals surface area contributed by atoms with E-state index in [0.29, 0.717) is 23.3 Å². The summed E-state index contributed by atoms with van der Waals surface area (Å²) in [5, 5.41) is 2.80. The van der Waals surface area contributed by atoms with Crippen LogP contribution in [0.15, 0.2) is 30.3 Å². The fourth-order valence-electron chi connectivity index (χ4n) is 2.39. The lowest BCUT2D eigenvalue weighted by Crippen LogP contribution is -2.21. The van der Waals surface area contributed by atoms with Crippen molar-refractivity contribution in [2.24, 2.45) is 0 Å². The molecular formula is C19H21NO5. The Morgan fingerprint density at radius 2 is 1.72 bits per heavy atom. The van der Waals surface area contributed by atoms with Gasteiger partial charge in [0.1, 0.15) is 6.29 Å². The van der Waals surface area contributed by atoms with Gasteiger partial charge in [0.05, 0.1) is 14.2 Å². The Morgan fingerprint density at radius 1 is 1.08 bits per heavy atom. The Balaban J connectivity index is 2.12. The summed E-state index contributed by atoms with van der Waals surface area (Å²) < 4.78 is 16.0. The van der Waals surface area contributed by atoms with Crippen LogP contribution in [0.4, 0.5) is 5.69 Å². The molecule has 2 rings (SSSR count). The first kappa shape index (κ1) is 18.3. The van der Waals surface area contributed by atoms with Crippen LogP contribution < -0.4 is 19.5 Å². The monoisotopic (exact) mass is 343 g/mol. The number of rotatable bonds is 7. The minimum absolute atomic E-state index is 0.222. The Hall–Kier alpha value is -3.02. The first-order valence-electron chi connectivity index (χ1n) is 7.69. The zero-order valence-electron chi connectivity index (χ0n) is 14.7. The molecule has 6 heteroatoms. The highest BCUT2D eigenvalue weighted by molar-refractivity contribution is 5.92. The van der Waals surface area contributed by atoms with Crippen LogP contribution in [-0.4, -0.2) is 33.0 Å². The lowest BCUT2D eigenvalue weighted by atomic mass is 10.1. The first-order chi connectivity index (χ1) is 12.0. The second kappa shape index (κ2) is 8.19. The first-order valence-corrected chi connectivity index (χ1v) is 7.69. The molecule has 0 unspecified atom stereocenters. The normalized spacial score (nSPS) is 10.1. The molecule has 2 aromatic rings. The number of benzene rings is 2. The van der Waals surface area contributed by atoms with Crippen molar-refractivity contribution >= 4 is 17.9 Å². The lowest BCUT2D eigenvalue weighted by Gasteiger charge is -2.15. The third kappa shape index (κ3) is 4.50. The summed E-state index contributed by atoms with van der Waals surface area (Å²) in [5.41, 5.74) is 3.21.